The van der Waals surface area contributed by atoms with E-state index in [1.807, 2.05) is 18.2 Å². The van der Waals surface area contributed by atoms with E-state index in [4.69, 9.17) is 4.74 Å². The monoisotopic (exact) mass is 178 g/mol. The lowest BCUT2D eigenvalue weighted by Crippen LogP contribution is -1.97. The molecule has 0 N–H and O–H groups in total. The fraction of sp³-hybridized carbons (Fsp3) is 0.364. The molecule has 0 unspecified atom stereocenters. The van der Waals surface area contributed by atoms with Gasteiger partial charge < -0.3 is 4.74 Å². The van der Waals surface area contributed by atoms with Gasteiger partial charge in [-0.25, -0.2) is 0 Å². The second-order valence-electron chi connectivity index (χ2n) is 3.01. The molecule has 0 aromatic carbocycles. The summed E-state index contributed by atoms with van der Waals surface area (Å²) in [7, 11) is 1.62. The van der Waals surface area contributed by atoms with Gasteiger partial charge in [-0.15, -0.1) is 0 Å². The van der Waals surface area contributed by atoms with Crippen molar-refractivity contribution in [3.8, 4) is 0 Å². The van der Waals surface area contributed by atoms with E-state index in [0.717, 1.165) is 11.3 Å². The van der Waals surface area contributed by atoms with Gasteiger partial charge in [-0.05, 0) is 18.1 Å². The molecular formula is C11H14O2. The normalized spacial score (nSPS) is 21.2. The lowest BCUT2D eigenvalue weighted by molar-refractivity contribution is -0.118. The van der Waals surface area contributed by atoms with Gasteiger partial charge in [-0.3, -0.25) is 4.79 Å². The number of allylic oxidation sites excluding steroid dienone is 4. The highest BCUT2D eigenvalue weighted by atomic mass is 16.5. The van der Waals surface area contributed by atoms with Crippen LogP contribution in [-0.4, -0.2) is 12.9 Å². The summed E-state index contributed by atoms with van der Waals surface area (Å²) in [5, 5.41) is 0. The lowest BCUT2D eigenvalue weighted by Gasteiger charge is -2.06. The topological polar surface area (TPSA) is 26.3 Å². The van der Waals surface area contributed by atoms with Crippen LogP contribution in [0.4, 0.5) is 0 Å². The zero-order valence-corrected chi connectivity index (χ0v) is 7.88. The number of ketones is 1. The first-order chi connectivity index (χ1) is 6.24. The smallest absolute Gasteiger partial charge is 0.136 e. The molecular weight excluding hydrogens is 164 g/mol. The maximum atomic E-state index is 11.2. The van der Waals surface area contributed by atoms with Crippen molar-refractivity contribution in [3.05, 3.63) is 36.1 Å². The molecule has 0 saturated heterocycles. The number of hydrogen-bond donors (Lipinski definition) is 0. The molecule has 0 heterocycles. The molecule has 1 rings (SSSR count). The number of Topliss-reactive ketones (excluding diaryl/α,β-unsaturated/α-hetero) is 1. The van der Waals surface area contributed by atoms with Crippen molar-refractivity contribution in [2.24, 2.45) is 0 Å². The van der Waals surface area contributed by atoms with Crippen molar-refractivity contribution >= 4 is 5.78 Å². The molecule has 1 aliphatic rings. The van der Waals surface area contributed by atoms with Gasteiger partial charge in [-0.2, -0.15) is 0 Å². The van der Waals surface area contributed by atoms with Gasteiger partial charge in [0.1, 0.15) is 11.5 Å². The Morgan fingerprint density at radius 2 is 2.23 bits per heavy atom. The van der Waals surface area contributed by atoms with Gasteiger partial charge in [0.05, 0.1) is 7.11 Å². The average molecular weight is 178 g/mol. The molecule has 0 atom stereocenters. The summed E-state index contributed by atoms with van der Waals surface area (Å²) < 4.78 is 5.13. The summed E-state index contributed by atoms with van der Waals surface area (Å²) in [6, 6.07) is 0. The van der Waals surface area contributed by atoms with Gasteiger partial charge in [0.25, 0.3) is 0 Å². The fourth-order valence-electron chi connectivity index (χ4n) is 1.20. The number of carbonyl (C=O) groups excluding carboxylic acids is 1. The predicted molar refractivity (Wildman–Crippen MR) is 52.2 cm³/mol. The summed E-state index contributed by atoms with van der Waals surface area (Å²) in [6.07, 6.45) is 7.30. The molecule has 2 heteroatoms. The van der Waals surface area contributed by atoms with Crippen LogP contribution in [-0.2, 0) is 9.53 Å². The van der Waals surface area contributed by atoms with Gasteiger partial charge in [0.15, 0.2) is 0 Å². The first-order valence-electron chi connectivity index (χ1n) is 4.34. The predicted octanol–water partition coefficient (Wildman–Crippen LogP) is 2.38. The Bertz CT molecular complexity index is 272. The Labute approximate surface area is 78.6 Å². The molecule has 0 radical (unpaired) electrons. The van der Waals surface area contributed by atoms with Crippen LogP contribution in [0, 0.1) is 0 Å². The summed E-state index contributed by atoms with van der Waals surface area (Å²) in [5.74, 6) is 1.02. The number of carbonyl (C=O) groups is 1. The summed E-state index contributed by atoms with van der Waals surface area (Å²) in [5.41, 5.74) is 0.891. The Balaban J connectivity index is 2.76. The van der Waals surface area contributed by atoms with E-state index in [1.54, 1.807) is 7.11 Å². The number of ether oxygens (including phenoxy) is 1. The quantitative estimate of drug-likeness (QED) is 0.616. The number of methoxy groups -OCH3 is 1. The maximum absolute atomic E-state index is 11.2. The van der Waals surface area contributed by atoms with Crippen molar-refractivity contribution < 1.29 is 9.53 Å². The molecule has 1 aliphatic carbocycles. The molecule has 0 aromatic heterocycles. The van der Waals surface area contributed by atoms with Crippen molar-refractivity contribution in [3.63, 3.8) is 0 Å². The van der Waals surface area contributed by atoms with E-state index >= 15 is 0 Å². The number of hydrogen-bond acceptors (Lipinski definition) is 2. The van der Waals surface area contributed by atoms with Crippen molar-refractivity contribution in [2.75, 3.05) is 7.11 Å². The second kappa shape index (κ2) is 4.65. The van der Waals surface area contributed by atoms with E-state index in [-0.39, 0.29) is 5.78 Å². The van der Waals surface area contributed by atoms with Crippen molar-refractivity contribution in [2.45, 2.75) is 19.3 Å². The molecule has 0 amide bonds. The van der Waals surface area contributed by atoms with Crippen LogP contribution in [0.25, 0.3) is 0 Å². The molecule has 0 bridgehead atoms. The first-order valence-corrected chi connectivity index (χ1v) is 4.34. The third-order valence-electron chi connectivity index (χ3n) is 2.00. The van der Waals surface area contributed by atoms with E-state index in [1.165, 1.54) is 0 Å². The Morgan fingerprint density at radius 3 is 2.92 bits per heavy atom. The molecule has 70 valence electrons. The molecule has 0 spiro atoms. The first kappa shape index (κ1) is 9.78. The van der Waals surface area contributed by atoms with Gasteiger partial charge >= 0.3 is 0 Å². The van der Waals surface area contributed by atoms with Crippen LogP contribution in [0.3, 0.4) is 0 Å². The summed E-state index contributed by atoms with van der Waals surface area (Å²) >= 11 is 0. The number of rotatable bonds is 1. The molecule has 0 saturated carbocycles. The third-order valence-corrected chi connectivity index (χ3v) is 2.00. The van der Waals surface area contributed by atoms with E-state index < -0.39 is 0 Å². The highest BCUT2D eigenvalue weighted by Crippen LogP contribution is 2.17. The maximum Gasteiger partial charge on any atom is 0.136 e. The van der Waals surface area contributed by atoms with Crippen LogP contribution in [0.2, 0.25) is 0 Å². The Hall–Kier alpha value is -1.31. The van der Waals surface area contributed by atoms with Gasteiger partial charge in [-0.1, -0.05) is 18.7 Å². The van der Waals surface area contributed by atoms with Gasteiger partial charge in [0.2, 0.25) is 0 Å². The minimum atomic E-state index is 0.253. The molecule has 2 nitrogen and oxygen atoms in total. The zero-order valence-electron chi connectivity index (χ0n) is 7.88. The van der Waals surface area contributed by atoms with E-state index in [2.05, 4.69) is 6.58 Å². The lowest BCUT2D eigenvalue weighted by atomic mass is 10.1. The average Bonchev–Trinajstić information content (AvgIpc) is 2.20. The largest absolute Gasteiger partial charge is 0.497 e. The third kappa shape index (κ3) is 2.90. The Morgan fingerprint density at radius 1 is 1.46 bits per heavy atom. The van der Waals surface area contributed by atoms with E-state index in [9.17, 15) is 4.79 Å². The highest BCUT2D eigenvalue weighted by molar-refractivity contribution is 5.80. The molecule has 0 fully saturated rings. The fourth-order valence-corrected chi connectivity index (χ4v) is 1.20. The van der Waals surface area contributed by atoms with Gasteiger partial charge in [0, 0.05) is 12.8 Å². The summed E-state index contributed by atoms with van der Waals surface area (Å²) in [6.45, 7) is 3.86. The second-order valence-corrected chi connectivity index (χ2v) is 3.01. The van der Waals surface area contributed by atoms with Crippen LogP contribution in [0.1, 0.15) is 19.3 Å². The molecule has 13 heavy (non-hydrogen) atoms. The zero-order chi connectivity index (χ0) is 9.68. The molecule has 0 aromatic rings. The Kier molecular flexibility index (Phi) is 3.50. The van der Waals surface area contributed by atoms with Crippen LogP contribution < -0.4 is 0 Å². The minimum absolute atomic E-state index is 0.253. The van der Waals surface area contributed by atoms with E-state index in [0.29, 0.717) is 19.3 Å². The standard InChI is InChI=1S/C11H14O2/c1-9-7-8-10(12)5-3-4-6-11(9)13-2/h3-4,6H,1,5,7-8H2,2H3/b4-3-,11-6?. The highest BCUT2D eigenvalue weighted by Gasteiger charge is 2.07. The van der Waals surface area contributed by atoms with Crippen LogP contribution in [0.15, 0.2) is 36.1 Å². The summed E-state index contributed by atoms with van der Waals surface area (Å²) in [4.78, 5) is 11.2. The minimum Gasteiger partial charge on any atom is -0.497 e. The molecule has 0 aliphatic heterocycles. The van der Waals surface area contributed by atoms with Crippen molar-refractivity contribution in [1.82, 2.24) is 0 Å². The SMILES string of the molecule is C=C1CCC(=O)C/C=C\C=C1OC. The van der Waals surface area contributed by atoms with Crippen LogP contribution >= 0.6 is 0 Å². The van der Waals surface area contributed by atoms with Crippen LogP contribution in [0.5, 0.6) is 0 Å². The van der Waals surface area contributed by atoms with Crippen molar-refractivity contribution in [1.29, 1.82) is 0 Å².